The minimum Gasteiger partial charge on any atom is -0.472 e. The van der Waals surface area contributed by atoms with Crippen LogP contribution in [0, 0.1) is 5.41 Å². The van der Waals surface area contributed by atoms with Crippen molar-refractivity contribution in [2.24, 2.45) is 5.84 Å². The molecule has 4 rings (SSSR count). The third-order valence-electron chi connectivity index (χ3n) is 4.15. The highest BCUT2D eigenvalue weighted by molar-refractivity contribution is 6.53. The van der Waals surface area contributed by atoms with Crippen LogP contribution in [-0.2, 0) is 17.8 Å². The molecule has 2 aromatic rings. The number of furan rings is 1. The summed E-state index contributed by atoms with van der Waals surface area (Å²) in [5, 5.41) is 12.4. The number of nitrogens with two attached hydrogens (primary N) is 1. The zero-order valence-corrected chi connectivity index (χ0v) is 11.3. The van der Waals surface area contributed by atoms with Crippen molar-refractivity contribution in [3.63, 3.8) is 0 Å². The van der Waals surface area contributed by atoms with Crippen LogP contribution in [-0.4, -0.2) is 18.2 Å². The molecule has 106 valence electrons. The summed E-state index contributed by atoms with van der Waals surface area (Å²) in [6, 6.07) is 3.78. The number of hydrazine groups is 1. The summed E-state index contributed by atoms with van der Waals surface area (Å²) in [4.78, 5) is 12.0. The maximum absolute atomic E-state index is 12.0. The summed E-state index contributed by atoms with van der Waals surface area (Å²) in [6.45, 7) is 1.53. The number of nitrogens with one attached hydrogen (secondary N) is 2. The molecule has 2 aliphatic heterocycles. The Bertz CT molecular complexity index is 764. The van der Waals surface area contributed by atoms with Gasteiger partial charge in [0.15, 0.2) is 0 Å². The average Bonchev–Trinajstić information content (AvgIpc) is 3.11. The minimum atomic E-state index is -0.456. The third kappa shape index (κ3) is 1.60. The standard InChI is InChI=1S/C15H14N4O2/c16-13-11-5-10(8-2-4-21-7-8)9-1-3-18-6-12(9)14(11)19(17)15(13)20/h2,4-5,7,16,18H,1,3,6,17H2. The number of fused-ring (bicyclic) bond motifs is 3. The second kappa shape index (κ2) is 4.28. The van der Waals surface area contributed by atoms with E-state index < -0.39 is 5.91 Å². The Labute approximate surface area is 121 Å². The fourth-order valence-corrected chi connectivity index (χ4v) is 3.15. The molecule has 0 radical (unpaired) electrons. The molecule has 21 heavy (non-hydrogen) atoms. The van der Waals surface area contributed by atoms with Gasteiger partial charge in [0.05, 0.1) is 18.2 Å². The van der Waals surface area contributed by atoms with Gasteiger partial charge < -0.3 is 9.73 Å². The molecule has 0 aliphatic carbocycles. The summed E-state index contributed by atoms with van der Waals surface area (Å²) >= 11 is 0. The number of carbonyl (C=O) groups excluding carboxylic acids is 1. The molecule has 1 amide bonds. The molecule has 0 fully saturated rings. The van der Waals surface area contributed by atoms with E-state index in [1.54, 1.807) is 12.5 Å². The van der Waals surface area contributed by atoms with E-state index in [0.29, 0.717) is 17.8 Å². The Morgan fingerprint density at radius 3 is 2.95 bits per heavy atom. The summed E-state index contributed by atoms with van der Waals surface area (Å²) < 4.78 is 5.18. The van der Waals surface area contributed by atoms with Crippen molar-refractivity contribution in [3.8, 4) is 11.1 Å². The second-order valence-corrected chi connectivity index (χ2v) is 5.27. The lowest BCUT2D eigenvalue weighted by Crippen LogP contribution is -2.37. The molecule has 2 aliphatic rings. The number of benzene rings is 1. The van der Waals surface area contributed by atoms with E-state index in [9.17, 15) is 4.79 Å². The van der Waals surface area contributed by atoms with Gasteiger partial charge in [-0.3, -0.25) is 10.2 Å². The first-order chi connectivity index (χ1) is 10.2. The van der Waals surface area contributed by atoms with Gasteiger partial charge in [-0.15, -0.1) is 0 Å². The van der Waals surface area contributed by atoms with Gasteiger partial charge in [-0.2, -0.15) is 0 Å². The van der Waals surface area contributed by atoms with E-state index in [2.05, 4.69) is 5.32 Å². The quantitative estimate of drug-likeness (QED) is 0.540. The molecule has 1 aromatic heterocycles. The molecule has 3 heterocycles. The number of hydrogen-bond donors (Lipinski definition) is 3. The van der Waals surface area contributed by atoms with Crippen molar-refractivity contribution in [1.29, 1.82) is 5.41 Å². The van der Waals surface area contributed by atoms with Crippen LogP contribution in [0.25, 0.3) is 11.1 Å². The Balaban J connectivity index is 2.04. The number of hydrogen-bond acceptors (Lipinski definition) is 5. The first kappa shape index (κ1) is 12.3. The molecular formula is C15H14N4O2. The number of nitrogens with zero attached hydrogens (tertiary/aromatic N) is 1. The highest BCUT2D eigenvalue weighted by Gasteiger charge is 2.36. The number of amides is 1. The summed E-state index contributed by atoms with van der Waals surface area (Å²) in [7, 11) is 0. The van der Waals surface area contributed by atoms with E-state index in [1.165, 1.54) is 5.56 Å². The number of carbonyl (C=O) groups is 1. The lowest BCUT2D eigenvalue weighted by atomic mass is 9.88. The maximum atomic E-state index is 12.0. The van der Waals surface area contributed by atoms with Crippen molar-refractivity contribution >= 4 is 17.3 Å². The van der Waals surface area contributed by atoms with Crippen LogP contribution in [0.2, 0.25) is 0 Å². The normalized spacial score (nSPS) is 17.1. The van der Waals surface area contributed by atoms with Crippen molar-refractivity contribution < 1.29 is 9.21 Å². The Morgan fingerprint density at radius 2 is 2.19 bits per heavy atom. The summed E-state index contributed by atoms with van der Waals surface area (Å²) in [6.07, 6.45) is 4.17. The van der Waals surface area contributed by atoms with Gasteiger partial charge in [-0.25, -0.2) is 10.9 Å². The van der Waals surface area contributed by atoms with Crippen molar-refractivity contribution in [1.82, 2.24) is 5.32 Å². The SMILES string of the molecule is N=C1C(=O)N(N)c2c1cc(-c1ccoc1)c1c2CNCC1. The van der Waals surface area contributed by atoms with Crippen LogP contribution >= 0.6 is 0 Å². The molecule has 1 aromatic carbocycles. The Hall–Kier alpha value is -2.44. The van der Waals surface area contributed by atoms with Gasteiger partial charge in [0.2, 0.25) is 0 Å². The monoisotopic (exact) mass is 282 g/mol. The zero-order chi connectivity index (χ0) is 14.6. The van der Waals surface area contributed by atoms with Crippen LogP contribution < -0.4 is 16.2 Å². The lowest BCUT2D eigenvalue weighted by Gasteiger charge is -2.25. The van der Waals surface area contributed by atoms with Gasteiger partial charge in [0.25, 0.3) is 5.91 Å². The molecule has 6 nitrogen and oxygen atoms in total. The van der Waals surface area contributed by atoms with Crippen LogP contribution in [0.5, 0.6) is 0 Å². The van der Waals surface area contributed by atoms with Gasteiger partial charge in [-0.05, 0) is 41.8 Å². The number of rotatable bonds is 1. The summed E-state index contributed by atoms with van der Waals surface area (Å²) in [5.74, 6) is 5.41. The topological polar surface area (TPSA) is 95.4 Å². The van der Waals surface area contributed by atoms with Gasteiger partial charge in [0.1, 0.15) is 5.71 Å². The maximum Gasteiger partial charge on any atom is 0.291 e. The average molecular weight is 282 g/mol. The van der Waals surface area contributed by atoms with Crippen LogP contribution in [0.4, 0.5) is 5.69 Å². The molecule has 0 spiro atoms. The van der Waals surface area contributed by atoms with Crippen molar-refractivity contribution in [2.45, 2.75) is 13.0 Å². The van der Waals surface area contributed by atoms with E-state index in [4.69, 9.17) is 15.7 Å². The first-order valence-electron chi connectivity index (χ1n) is 6.78. The fourth-order valence-electron chi connectivity index (χ4n) is 3.15. The molecule has 0 atom stereocenters. The van der Waals surface area contributed by atoms with Gasteiger partial charge >= 0.3 is 0 Å². The zero-order valence-electron chi connectivity index (χ0n) is 11.3. The molecule has 0 saturated heterocycles. The van der Waals surface area contributed by atoms with E-state index in [0.717, 1.165) is 34.7 Å². The van der Waals surface area contributed by atoms with Crippen molar-refractivity contribution in [2.75, 3.05) is 11.6 Å². The summed E-state index contributed by atoms with van der Waals surface area (Å²) in [5.41, 5.74) is 5.38. The largest absolute Gasteiger partial charge is 0.472 e. The van der Waals surface area contributed by atoms with E-state index >= 15 is 0 Å². The Kier molecular flexibility index (Phi) is 2.51. The predicted octanol–water partition coefficient (Wildman–Crippen LogP) is 1.18. The van der Waals surface area contributed by atoms with Crippen molar-refractivity contribution in [3.05, 3.63) is 41.3 Å². The minimum absolute atomic E-state index is 0.0504. The first-order valence-corrected chi connectivity index (χ1v) is 6.78. The predicted molar refractivity (Wildman–Crippen MR) is 78.1 cm³/mol. The Morgan fingerprint density at radius 1 is 1.33 bits per heavy atom. The van der Waals surface area contributed by atoms with Crippen LogP contribution in [0.15, 0.2) is 29.1 Å². The molecule has 0 saturated carbocycles. The highest BCUT2D eigenvalue weighted by Crippen LogP contribution is 2.40. The molecule has 0 bridgehead atoms. The third-order valence-corrected chi connectivity index (χ3v) is 4.15. The smallest absolute Gasteiger partial charge is 0.291 e. The van der Waals surface area contributed by atoms with Gasteiger partial charge in [-0.1, -0.05) is 0 Å². The van der Waals surface area contributed by atoms with E-state index in [-0.39, 0.29) is 5.71 Å². The lowest BCUT2D eigenvalue weighted by molar-refractivity contribution is -0.112. The fraction of sp³-hybridized carbons (Fsp3) is 0.200. The highest BCUT2D eigenvalue weighted by atomic mass is 16.3. The molecule has 4 N–H and O–H groups in total. The number of anilines is 1. The molecule has 6 heteroatoms. The van der Waals surface area contributed by atoms with Gasteiger partial charge in [0, 0.05) is 17.7 Å². The molecule has 0 unspecified atom stereocenters. The second-order valence-electron chi connectivity index (χ2n) is 5.27. The molecular weight excluding hydrogens is 268 g/mol. The van der Waals surface area contributed by atoms with E-state index in [1.807, 2.05) is 12.1 Å². The van der Waals surface area contributed by atoms with Crippen LogP contribution in [0.1, 0.15) is 16.7 Å². The van der Waals surface area contributed by atoms with Crippen LogP contribution in [0.3, 0.4) is 0 Å².